The van der Waals surface area contributed by atoms with Crippen molar-refractivity contribution in [2.24, 2.45) is 10.2 Å². The Labute approximate surface area is 136 Å². The van der Waals surface area contributed by atoms with Gasteiger partial charge in [0.2, 0.25) is 0 Å². The van der Waals surface area contributed by atoms with Crippen LogP contribution in [0.4, 0.5) is 17.1 Å². The van der Waals surface area contributed by atoms with Crippen LogP contribution in [-0.2, 0) is 0 Å². The van der Waals surface area contributed by atoms with Crippen LogP contribution in [0.1, 0.15) is 10.4 Å². The highest BCUT2D eigenvalue weighted by Crippen LogP contribution is 2.29. The highest BCUT2D eigenvalue weighted by atomic mass is 35.5. The van der Waals surface area contributed by atoms with Crippen LogP contribution in [0.3, 0.4) is 0 Å². The SMILES string of the molecule is O=C(O)c1ccc(/N=N/c2ccc(NCC(O)O)cc2Cl)cc1. The second-order valence-electron chi connectivity index (χ2n) is 4.58. The van der Waals surface area contributed by atoms with Crippen molar-refractivity contribution in [3.63, 3.8) is 0 Å². The average molecular weight is 336 g/mol. The van der Waals surface area contributed by atoms with Gasteiger partial charge in [0.15, 0.2) is 6.29 Å². The van der Waals surface area contributed by atoms with Crippen molar-refractivity contribution in [1.82, 2.24) is 0 Å². The van der Waals surface area contributed by atoms with Crippen molar-refractivity contribution in [2.75, 3.05) is 11.9 Å². The van der Waals surface area contributed by atoms with E-state index in [2.05, 4.69) is 15.5 Å². The minimum atomic E-state index is -1.46. The summed E-state index contributed by atoms with van der Waals surface area (Å²) in [5.74, 6) is -1.01. The van der Waals surface area contributed by atoms with E-state index in [1.807, 2.05) is 0 Å². The fourth-order valence-electron chi connectivity index (χ4n) is 1.69. The lowest BCUT2D eigenvalue weighted by Crippen LogP contribution is -2.18. The quantitative estimate of drug-likeness (QED) is 0.478. The van der Waals surface area contributed by atoms with Crippen LogP contribution >= 0.6 is 11.6 Å². The molecule has 0 aliphatic carbocycles. The Morgan fingerprint density at radius 3 is 2.39 bits per heavy atom. The first kappa shape index (κ1) is 16.9. The predicted molar refractivity (Wildman–Crippen MR) is 85.7 cm³/mol. The van der Waals surface area contributed by atoms with E-state index < -0.39 is 12.3 Å². The molecule has 0 atom stereocenters. The van der Waals surface area contributed by atoms with E-state index in [0.29, 0.717) is 22.1 Å². The van der Waals surface area contributed by atoms with Crippen molar-refractivity contribution >= 4 is 34.6 Å². The molecule has 2 aromatic carbocycles. The molecule has 0 bridgehead atoms. The van der Waals surface area contributed by atoms with Crippen LogP contribution in [0.5, 0.6) is 0 Å². The van der Waals surface area contributed by atoms with Gasteiger partial charge in [-0.05, 0) is 42.5 Å². The lowest BCUT2D eigenvalue weighted by Gasteiger charge is -2.08. The number of nitrogens with one attached hydrogen (secondary N) is 1. The molecule has 0 saturated carbocycles. The van der Waals surface area contributed by atoms with Gasteiger partial charge in [0.1, 0.15) is 5.69 Å². The van der Waals surface area contributed by atoms with Gasteiger partial charge in [-0.2, -0.15) is 5.11 Å². The van der Waals surface area contributed by atoms with Crippen LogP contribution in [-0.4, -0.2) is 34.1 Å². The molecule has 0 saturated heterocycles. The molecule has 4 N–H and O–H groups in total. The minimum Gasteiger partial charge on any atom is -0.478 e. The summed E-state index contributed by atoms with van der Waals surface area (Å²) < 4.78 is 0. The number of halogens is 1. The number of hydrogen-bond donors (Lipinski definition) is 4. The Bertz CT molecular complexity index is 717. The fourth-order valence-corrected chi connectivity index (χ4v) is 1.91. The molecule has 0 aliphatic rings. The third-order valence-corrected chi connectivity index (χ3v) is 3.13. The third-order valence-electron chi connectivity index (χ3n) is 2.82. The van der Waals surface area contributed by atoms with Gasteiger partial charge in [0, 0.05) is 5.69 Å². The van der Waals surface area contributed by atoms with Crippen LogP contribution in [0.25, 0.3) is 0 Å². The summed E-state index contributed by atoms with van der Waals surface area (Å²) in [6.45, 7) is -0.0207. The lowest BCUT2D eigenvalue weighted by atomic mass is 10.2. The summed E-state index contributed by atoms with van der Waals surface area (Å²) in [7, 11) is 0. The first-order chi connectivity index (χ1) is 11.0. The summed E-state index contributed by atoms with van der Waals surface area (Å²) >= 11 is 6.08. The first-order valence-electron chi connectivity index (χ1n) is 6.60. The Hall–Kier alpha value is -2.48. The van der Waals surface area contributed by atoms with E-state index in [-0.39, 0.29) is 12.1 Å². The normalized spacial score (nSPS) is 11.1. The van der Waals surface area contributed by atoms with Crippen LogP contribution in [0.2, 0.25) is 5.02 Å². The number of azo groups is 1. The van der Waals surface area contributed by atoms with Crippen molar-refractivity contribution in [3.05, 3.63) is 53.1 Å². The largest absolute Gasteiger partial charge is 0.478 e. The number of carboxylic acids is 1. The molecule has 0 aliphatic heterocycles. The molecule has 0 aromatic heterocycles. The Morgan fingerprint density at radius 2 is 1.83 bits per heavy atom. The summed E-state index contributed by atoms with van der Waals surface area (Å²) in [5, 5.41) is 37.5. The van der Waals surface area contributed by atoms with Gasteiger partial charge < -0.3 is 20.6 Å². The standard InChI is InChI=1S/C15H14ClN3O4/c16-12-7-11(17-8-14(20)21)5-6-13(12)19-18-10-3-1-9(2-4-10)15(22)23/h1-7,14,17,20-21H,8H2,(H,22,23)/b19-18+. The molecule has 2 rings (SSSR count). The number of aliphatic hydroxyl groups is 2. The molecule has 2 aromatic rings. The van der Waals surface area contributed by atoms with Gasteiger partial charge >= 0.3 is 5.97 Å². The number of nitrogens with zero attached hydrogens (tertiary/aromatic N) is 2. The summed E-state index contributed by atoms with van der Waals surface area (Å²) in [6.07, 6.45) is -1.46. The monoisotopic (exact) mass is 335 g/mol. The number of benzene rings is 2. The van der Waals surface area contributed by atoms with Crippen molar-refractivity contribution in [1.29, 1.82) is 0 Å². The smallest absolute Gasteiger partial charge is 0.335 e. The third kappa shape index (κ3) is 5.03. The van der Waals surface area contributed by atoms with Gasteiger partial charge in [-0.1, -0.05) is 11.6 Å². The molecule has 0 spiro atoms. The van der Waals surface area contributed by atoms with Gasteiger partial charge in [-0.3, -0.25) is 0 Å². The van der Waals surface area contributed by atoms with Crippen LogP contribution in [0.15, 0.2) is 52.7 Å². The van der Waals surface area contributed by atoms with E-state index in [1.54, 1.807) is 30.3 Å². The molecular weight excluding hydrogens is 322 g/mol. The van der Waals surface area contributed by atoms with Crippen molar-refractivity contribution < 1.29 is 20.1 Å². The molecule has 23 heavy (non-hydrogen) atoms. The van der Waals surface area contributed by atoms with E-state index in [9.17, 15) is 4.79 Å². The van der Waals surface area contributed by atoms with E-state index in [1.165, 1.54) is 12.1 Å². The minimum absolute atomic E-state index is 0.0207. The number of hydrogen-bond acceptors (Lipinski definition) is 6. The number of aromatic carboxylic acids is 1. The summed E-state index contributed by atoms with van der Waals surface area (Å²) in [5.41, 5.74) is 1.72. The van der Waals surface area contributed by atoms with E-state index >= 15 is 0 Å². The van der Waals surface area contributed by atoms with Crippen LogP contribution in [0, 0.1) is 0 Å². The average Bonchev–Trinajstić information content (AvgIpc) is 2.52. The molecule has 0 unspecified atom stereocenters. The molecule has 0 amide bonds. The molecule has 0 radical (unpaired) electrons. The molecule has 7 nitrogen and oxygen atoms in total. The van der Waals surface area contributed by atoms with Gasteiger partial charge in [-0.25, -0.2) is 4.79 Å². The maximum Gasteiger partial charge on any atom is 0.335 e. The first-order valence-corrected chi connectivity index (χ1v) is 6.98. The zero-order valence-corrected chi connectivity index (χ0v) is 12.6. The number of carbonyl (C=O) groups is 1. The second kappa shape index (κ2) is 7.68. The second-order valence-corrected chi connectivity index (χ2v) is 4.99. The summed E-state index contributed by atoms with van der Waals surface area (Å²) in [4.78, 5) is 10.8. The predicted octanol–water partition coefficient (Wildman–Crippen LogP) is 3.18. The highest BCUT2D eigenvalue weighted by Gasteiger charge is 2.04. The van der Waals surface area contributed by atoms with E-state index in [4.69, 9.17) is 26.9 Å². The molecule has 0 fully saturated rings. The molecule has 0 heterocycles. The number of aliphatic hydroxyl groups excluding tert-OH is 1. The van der Waals surface area contributed by atoms with Crippen molar-refractivity contribution in [3.8, 4) is 0 Å². The molecule has 8 heteroatoms. The molecular formula is C15H14ClN3O4. The van der Waals surface area contributed by atoms with Crippen LogP contribution < -0.4 is 5.32 Å². The van der Waals surface area contributed by atoms with Gasteiger partial charge in [0.25, 0.3) is 0 Å². The number of carboxylic acid groups (broad SMARTS) is 1. The van der Waals surface area contributed by atoms with Gasteiger partial charge in [0.05, 0.1) is 22.8 Å². The molecule has 120 valence electrons. The zero-order valence-electron chi connectivity index (χ0n) is 11.8. The lowest BCUT2D eigenvalue weighted by molar-refractivity contribution is -0.0275. The maximum absolute atomic E-state index is 10.8. The Kier molecular flexibility index (Phi) is 5.64. The summed E-state index contributed by atoms with van der Waals surface area (Å²) in [6, 6.07) is 10.8. The van der Waals surface area contributed by atoms with Gasteiger partial charge in [-0.15, -0.1) is 5.11 Å². The maximum atomic E-state index is 10.8. The van der Waals surface area contributed by atoms with Crippen molar-refractivity contribution in [2.45, 2.75) is 6.29 Å². The highest BCUT2D eigenvalue weighted by molar-refractivity contribution is 6.33. The topological polar surface area (TPSA) is 115 Å². The van der Waals surface area contributed by atoms with E-state index in [0.717, 1.165) is 0 Å². The number of anilines is 1. The fraction of sp³-hybridized carbons (Fsp3) is 0.133. The Balaban J connectivity index is 2.08. The zero-order chi connectivity index (χ0) is 16.8. The Morgan fingerprint density at radius 1 is 1.13 bits per heavy atom. The number of rotatable bonds is 6.